The second kappa shape index (κ2) is 7.20. The minimum Gasteiger partial charge on any atom is -0.335 e. The maximum absolute atomic E-state index is 12.6. The highest BCUT2D eigenvalue weighted by Crippen LogP contribution is 2.22. The van der Waals surface area contributed by atoms with E-state index in [-0.39, 0.29) is 11.8 Å². The van der Waals surface area contributed by atoms with E-state index in [1.165, 1.54) is 0 Å². The van der Waals surface area contributed by atoms with E-state index in [1.54, 1.807) is 52.5 Å². The molecule has 0 aliphatic carbocycles. The minimum absolute atomic E-state index is 0.0732. The van der Waals surface area contributed by atoms with Crippen molar-refractivity contribution < 1.29 is 9.59 Å². The average molecular weight is 364 g/mol. The number of rotatable bonds is 2. The fraction of sp³-hybridized carbons (Fsp3) is 0.235. The molecule has 0 atom stereocenters. The first-order chi connectivity index (χ1) is 11.6. The molecule has 0 N–H and O–H groups in total. The van der Waals surface area contributed by atoms with E-state index in [1.807, 2.05) is 0 Å². The van der Waals surface area contributed by atoms with Crippen molar-refractivity contribution in [3.8, 4) is 0 Å². The number of benzene rings is 1. The largest absolute Gasteiger partial charge is 0.335 e. The normalized spacial score (nSPS) is 14.6. The number of piperazine rings is 1. The number of halogens is 2. The van der Waals surface area contributed by atoms with Crippen LogP contribution in [0.5, 0.6) is 0 Å². The van der Waals surface area contributed by atoms with Crippen LogP contribution in [0.25, 0.3) is 0 Å². The van der Waals surface area contributed by atoms with Gasteiger partial charge in [0, 0.05) is 43.6 Å². The zero-order chi connectivity index (χ0) is 17.1. The summed E-state index contributed by atoms with van der Waals surface area (Å²) in [5, 5.41) is 0.839. The lowest BCUT2D eigenvalue weighted by Gasteiger charge is -2.35. The molecule has 1 fully saturated rings. The molecule has 0 radical (unpaired) electrons. The van der Waals surface area contributed by atoms with Crippen LogP contribution in [0.1, 0.15) is 20.7 Å². The number of carbonyl (C=O) groups excluding carboxylic acids is 2. The van der Waals surface area contributed by atoms with Crippen molar-refractivity contribution in [3.63, 3.8) is 0 Å². The Hall–Kier alpha value is -2.11. The van der Waals surface area contributed by atoms with Crippen LogP contribution < -0.4 is 0 Å². The van der Waals surface area contributed by atoms with Crippen LogP contribution in [-0.2, 0) is 0 Å². The Morgan fingerprint density at radius 1 is 0.958 bits per heavy atom. The molecule has 1 aromatic carbocycles. The molecule has 2 heterocycles. The monoisotopic (exact) mass is 363 g/mol. The summed E-state index contributed by atoms with van der Waals surface area (Å²) in [6.45, 7) is 1.84. The first kappa shape index (κ1) is 16.7. The molecule has 0 spiro atoms. The Morgan fingerprint density at radius 2 is 1.62 bits per heavy atom. The van der Waals surface area contributed by atoms with Gasteiger partial charge in [-0.25, -0.2) is 0 Å². The second-order valence-corrected chi connectivity index (χ2v) is 6.29. The van der Waals surface area contributed by atoms with Crippen LogP contribution in [-0.4, -0.2) is 52.8 Å². The molecule has 24 heavy (non-hydrogen) atoms. The van der Waals surface area contributed by atoms with Crippen molar-refractivity contribution in [2.45, 2.75) is 0 Å². The van der Waals surface area contributed by atoms with Crippen molar-refractivity contribution in [2.75, 3.05) is 26.2 Å². The first-order valence-electron chi connectivity index (χ1n) is 7.50. The van der Waals surface area contributed by atoms with Gasteiger partial charge in [0.2, 0.25) is 0 Å². The molecule has 2 aromatic rings. The zero-order valence-electron chi connectivity index (χ0n) is 12.8. The van der Waals surface area contributed by atoms with Crippen molar-refractivity contribution >= 4 is 35.0 Å². The molecule has 7 heteroatoms. The summed E-state index contributed by atoms with van der Waals surface area (Å²) in [6.07, 6.45) is 3.17. The Bertz CT molecular complexity index is 760. The van der Waals surface area contributed by atoms with Gasteiger partial charge < -0.3 is 9.80 Å². The molecule has 124 valence electrons. The minimum atomic E-state index is -0.170. The van der Waals surface area contributed by atoms with Gasteiger partial charge in [0.05, 0.1) is 16.1 Å². The smallest absolute Gasteiger partial charge is 0.255 e. The zero-order valence-corrected chi connectivity index (χ0v) is 14.3. The molecule has 1 saturated heterocycles. The Balaban J connectivity index is 1.66. The van der Waals surface area contributed by atoms with Gasteiger partial charge in [-0.1, -0.05) is 23.2 Å². The van der Waals surface area contributed by atoms with E-state index in [0.717, 1.165) is 0 Å². The number of aromatic nitrogens is 1. The number of hydrogen-bond donors (Lipinski definition) is 0. The SMILES string of the molecule is O=C(c1cccnc1)N1CCN(C(=O)c2cc(Cl)ccc2Cl)CC1. The number of hydrogen-bond acceptors (Lipinski definition) is 3. The number of pyridine rings is 1. The Kier molecular flexibility index (Phi) is 5.02. The van der Waals surface area contributed by atoms with Crippen LogP contribution in [0, 0.1) is 0 Å². The molecular formula is C17H15Cl2N3O2. The van der Waals surface area contributed by atoms with Crippen molar-refractivity contribution in [1.29, 1.82) is 0 Å². The fourth-order valence-electron chi connectivity index (χ4n) is 2.62. The molecule has 3 rings (SSSR count). The van der Waals surface area contributed by atoms with Crippen LogP contribution >= 0.6 is 23.2 Å². The second-order valence-electron chi connectivity index (χ2n) is 5.45. The van der Waals surface area contributed by atoms with Crippen molar-refractivity contribution in [2.24, 2.45) is 0 Å². The van der Waals surface area contributed by atoms with Gasteiger partial charge in [-0.3, -0.25) is 14.6 Å². The quantitative estimate of drug-likeness (QED) is 0.823. The summed E-state index contributed by atoms with van der Waals surface area (Å²) in [5.41, 5.74) is 0.936. The van der Waals surface area contributed by atoms with Crippen molar-refractivity contribution in [3.05, 3.63) is 63.9 Å². The van der Waals surface area contributed by atoms with Crippen LogP contribution in [0.15, 0.2) is 42.7 Å². The first-order valence-corrected chi connectivity index (χ1v) is 8.25. The van der Waals surface area contributed by atoms with E-state index >= 15 is 0 Å². The molecule has 0 saturated carbocycles. The molecule has 1 aromatic heterocycles. The van der Waals surface area contributed by atoms with Gasteiger partial charge in [0.1, 0.15) is 0 Å². The molecule has 1 aliphatic rings. The molecule has 5 nitrogen and oxygen atoms in total. The van der Waals surface area contributed by atoms with E-state index in [0.29, 0.717) is 47.4 Å². The summed E-state index contributed by atoms with van der Waals surface area (Å²) in [4.78, 5) is 32.3. The van der Waals surface area contributed by atoms with Gasteiger partial charge in [-0.2, -0.15) is 0 Å². The maximum Gasteiger partial charge on any atom is 0.255 e. The third kappa shape index (κ3) is 3.52. The molecule has 2 amide bonds. The highest BCUT2D eigenvalue weighted by molar-refractivity contribution is 6.35. The van der Waals surface area contributed by atoms with Gasteiger partial charge >= 0.3 is 0 Å². The third-order valence-electron chi connectivity index (χ3n) is 3.92. The Morgan fingerprint density at radius 3 is 2.25 bits per heavy atom. The lowest BCUT2D eigenvalue weighted by molar-refractivity contribution is 0.0535. The fourth-order valence-corrected chi connectivity index (χ4v) is 2.99. The van der Waals surface area contributed by atoms with E-state index in [2.05, 4.69) is 4.98 Å². The number of carbonyl (C=O) groups is 2. The van der Waals surface area contributed by atoms with Crippen molar-refractivity contribution in [1.82, 2.24) is 14.8 Å². The van der Waals surface area contributed by atoms with Gasteiger partial charge in [0.15, 0.2) is 0 Å². The highest BCUT2D eigenvalue weighted by Gasteiger charge is 2.26. The molecular weight excluding hydrogens is 349 g/mol. The van der Waals surface area contributed by atoms with Gasteiger partial charge in [-0.15, -0.1) is 0 Å². The van der Waals surface area contributed by atoms with Gasteiger partial charge in [-0.05, 0) is 30.3 Å². The topological polar surface area (TPSA) is 53.5 Å². The summed E-state index contributed by atoms with van der Waals surface area (Å²) in [6, 6.07) is 8.29. The highest BCUT2D eigenvalue weighted by atomic mass is 35.5. The van der Waals surface area contributed by atoms with E-state index in [4.69, 9.17) is 23.2 Å². The molecule has 0 bridgehead atoms. The standard InChI is InChI=1S/C17H15Cl2N3O2/c18-13-3-4-15(19)14(10-13)17(24)22-8-6-21(7-9-22)16(23)12-2-1-5-20-11-12/h1-5,10-11H,6-9H2. The van der Waals surface area contributed by atoms with Gasteiger partial charge in [0.25, 0.3) is 11.8 Å². The third-order valence-corrected chi connectivity index (χ3v) is 4.49. The van der Waals surface area contributed by atoms with E-state index < -0.39 is 0 Å². The number of nitrogens with zero attached hydrogens (tertiary/aromatic N) is 3. The molecule has 0 unspecified atom stereocenters. The summed E-state index contributed by atoms with van der Waals surface area (Å²) in [5.74, 6) is -0.244. The van der Waals surface area contributed by atoms with Crippen LogP contribution in [0.3, 0.4) is 0 Å². The summed E-state index contributed by atoms with van der Waals surface area (Å²) < 4.78 is 0. The average Bonchev–Trinajstić information content (AvgIpc) is 2.63. The predicted molar refractivity (Wildman–Crippen MR) is 92.5 cm³/mol. The van der Waals surface area contributed by atoms with Crippen LogP contribution in [0.2, 0.25) is 10.0 Å². The lowest BCUT2D eigenvalue weighted by Crippen LogP contribution is -2.50. The van der Waals surface area contributed by atoms with E-state index in [9.17, 15) is 9.59 Å². The Labute approximate surface area is 149 Å². The maximum atomic E-state index is 12.6. The predicted octanol–water partition coefficient (Wildman–Crippen LogP) is 2.99. The summed E-state index contributed by atoms with van der Waals surface area (Å²) in [7, 11) is 0. The number of amides is 2. The lowest BCUT2D eigenvalue weighted by atomic mass is 10.1. The van der Waals surface area contributed by atoms with Crippen LogP contribution in [0.4, 0.5) is 0 Å². The molecule has 1 aliphatic heterocycles. The summed E-state index contributed by atoms with van der Waals surface area (Å²) >= 11 is 12.0.